The van der Waals surface area contributed by atoms with E-state index in [-0.39, 0.29) is 6.04 Å². The highest BCUT2D eigenvalue weighted by atomic mass is 32.2. The number of furan rings is 1. The van der Waals surface area contributed by atoms with Crippen LogP contribution in [0.1, 0.15) is 31.6 Å². The van der Waals surface area contributed by atoms with Crippen molar-refractivity contribution in [3.05, 3.63) is 36.1 Å². The van der Waals surface area contributed by atoms with E-state index in [0.29, 0.717) is 6.10 Å². The van der Waals surface area contributed by atoms with Crippen molar-refractivity contribution in [2.45, 2.75) is 31.9 Å². The van der Waals surface area contributed by atoms with Crippen molar-refractivity contribution in [2.24, 2.45) is 0 Å². The lowest BCUT2D eigenvalue weighted by atomic mass is 10.2. The Morgan fingerprint density at radius 1 is 1.38 bits per heavy atom. The van der Waals surface area contributed by atoms with Gasteiger partial charge >= 0.3 is 0 Å². The first-order valence-corrected chi connectivity index (χ1v) is 8.93. The number of fused-ring (bicyclic) bond motifs is 1. The molecule has 1 aromatic heterocycles. The standard InChI is InChI=1S/C17H23NO2S/c1-2-18-15(12-21-11-14-7-5-9-19-14)17-10-13-6-3-4-8-16(13)20-17/h3-4,6,8,10,14-15,18H,2,5,7,9,11-12H2,1H3. The van der Waals surface area contributed by atoms with Crippen LogP contribution in [-0.4, -0.2) is 30.8 Å². The summed E-state index contributed by atoms with van der Waals surface area (Å²) in [6, 6.07) is 10.6. The molecule has 2 aromatic rings. The minimum atomic E-state index is 0.272. The molecule has 0 aliphatic carbocycles. The highest BCUT2D eigenvalue weighted by Gasteiger charge is 2.19. The Labute approximate surface area is 130 Å². The fraction of sp³-hybridized carbons (Fsp3) is 0.529. The smallest absolute Gasteiger partial charge is 0.134 e. The number of nitrogens with one attached hydrogen (secondary N) is 1. The van der Waals surface area contributed by atoms with Crippen molar-refractivity contribution < 1.29 is 9.15 Å². The van der Waals surface area contributed by atoms with Gasteiger partial charge in [-0.25, -0.2) is 0 Å². The molecule has 0 saturated carbocycles. The highest BCUT2D eigenvalue weighted by Crippen LogP contribution is 2.27. The van der Waals surface area contributed by atoms with Crippen LogP contribution in [0.4, 0.5) is 0 Å². The summed E-state index contributed by atoms with van der Waals surface area (Å²) >= 11 is 1.96. The third-order valence-corrected chi connectivity index (χ3v) is 5.03. The van der Waals surface area contributed by atoms with E-state index in [1.807, 2.05) is 23.9 Å². The van der Waals surface area contributed by atoms with Gasteiger partial charge < -0.3 is 14.5 Å². The Morgan fingerprint density at radius 3 is 3.05 bits per heavy atom. The zero-order chi connectivity index (χ0) is 14.5. The maximum Gasteiger partial charge on any atom is 0.134 e. The van der Waals surface area contributed by atoms with E-state index in [1.165, 1.54) is 18.2 Å². The molecule has 21 heavy (non-hydrogen) atoms. The van der Waals surface area contributed by atoms with Gasteiger partial charge in [-0.2, -0.15) is 11.8 Å². The molecular weight excluding hydrogens is 282 g/mol. The van der Waals surface area contributed by atoms with Gasteiger partial charge in [-0.1, -0.05) is 25.1 Å². The zero-order valence-corrected chi connectivity index (χ0v) is 13.3. The lowest BCUT2D eigenvalue weighted by Gasteiger charge is -2.16. The molecule has 114 valence electrons. The number of para-hydroxylation sites is 1. The summed E-state index contributed by atoms with van der Waals surface area (Å²) in [6.07, 6.45) is 2.88. The van der Waals surface area contributed by atoms with Crippen LogP contribution in [-0.2, 0) is 4.74 Å². The monoisotopic (exact) mass is 305 g/mol. The Kier molecular flexibility index (Phi) is 5.22. The second kappa shape index (κ2) is 7.34. The van der Waals surface area contributed by atoms with Gasteiger partial charge in [-0.05, 0) is 31.5 Å². The largest absolute Gasteiger partial charge is 0.459 e. The summed E-state index contributed by atoms with van der Waals surface area (Å²) in [5.74, 6) is 3.15. The van der Waals surface area contributed by atoms with E-state index in [1.54, 1.807) is 0 Å². The van der Waals surface area contributed by atoms with Crippen molar-refractivity contribution in [3.8, 4) is 0 Å². The van der Waals surface area contributed by atoms with Gasteiger partial charge in [0.1, 0.15) is 11.3 Å². The SMILES string of the molecule is CCNC(CSCC1CCCO1)c1cc2ccccc2o1. The maximum absolute atomic E-state index is 6.00. The normalized spacial score (nSPS) is 20.1. The molecule has 0 bridgehead atoms. The average molecular weight is 305 g/mol. The third kappa shape index (κ3) is 3.82. The minimum Gasteiger partial charge on any atom is -0.459 e. The molecule has 0 radical (unpaired) electrons. The van der Waals surface area contributed by atoms with Crippen LogP contribution in [0.25, 0.3) is 11.0 Å². The highest BCUT2D eigenvalue weighted by molar-refractivity contribution is 7.99. The molecule has 0 spiro atoms. The first kappa shape index (κ1) is 14.9. The van der Waals surface area contributed by atoms with Crippen LogP contribution in [0.5, 0.6) is 0 Å². The van der Waals surface area contributed by atoms with Crippen LogP contribution >= 0.6 is 11.8 Å². The van der Waals surface area contributed by atoms with E-state index < -0.39 is 0 Å². The number of hydrogen-bond donors (Lipinski definition) is 1. The molecule has 2 atom stereocenters. The topological polar surface area (TPSA) is 34.4 Å². The quantitative estimate of drug-likeness (QED) is 0.838. The van der Waals surface area contributed by atoms with E-state index in [0.717, 1.165) is 36.0 Å². The second-order valence-corrected chi connectivity index (χ2v) is 6.54. The van der Waals surface area contributed by atoms with Crippen LogP contribution in [0.3, 0.4) is 0 Å². The molecule has 2 unspecified atom stereocenters. The summed E-state index contributed by atoms with van der Waals surface area (Å²) < 4.78 is 11.7. The first-order valence-electron chi connectivity index (χ1n) is 7.78. The molecular formula is C17H23NO2S. The molecule has 1 N–H and O–H groups in total. The molecule has 4 heteroatoms. The van der Waals surface area contributed by atoms with Gasteiger partial charge in [0, 0.05) is 23.5 Å². The van der Waals surface area contributed by atoms with Gasteiger partial charge in [0.15, 0.2) is 0 Å². The lowest BCUT2D eigenvalue weighted by molar-refractivity contribution is 0.129. The summed E-state index contributed by atoms with van der Waals surface area (Å²) in [5, 5.41) is 4.71. The van der Waals surface area contributed by atoms with E-state index >= 15 is 0 Å². The van der Waals surface area contributed by atoms with Crippen molar-refractivity contribution in [3.63, 3.8) is 0 Å². The number of ether oxygens (including phenoxy) is 1. The summed E-state index contributed by atoms with van der Waals surface area (Å²) in [6.45, 7) is 4.02. The number of thioether (sulfide) groups is 1. The fourth-order valence-corrected chi connectivity index (χ4v) is 3.93. The molecule has 0 amide bonds. The Bertz CT molecular complexity index is 530. The molecule has 1 aliphatic rings. The fourth-order valence-electron chi connectivity index (χ4n) is 2.76. The van der Waals surface area contributed by atoms with Crippen LogP contribution < -0.4 is 5.32 Å². The summed E-state index contributed by atoms with van der Waals surface area (Å²) in [7, 11) is 0. The summed E-state index contributed by atoms with van der Waals surface area (Å²) in [5.41, 5.74) is 0.972. The van der Waals surface area contributed by atoms with Gasteiger partial charge in [0.2, 0.25) is 0 Å². The van der Waals surface area contributed by atoms with Gasteiger partial charge in [-0.3, -0.25) is 0 Å². The van der Waals surface area contributed by atoms with Gasteiger partial charge in [0.05, 0.1) is 12.1 Å². The predicted octanol–water partition coefficient (Wildman–Crippen LogP) is 4.00. The predicted molar refractivity (Wildman–Crippen MR) is 88.9 cm³/mol. The Balaban J connectivity index is 1.62. The van der Waals surface area contributed by atoms with E-state index in [4.69, 9.17) is 9.15 Å². The minimum absolute atomic E-state index is 0.272. The van der Waals surface area contributed by atoms with Crippen LogP contribution in [0, 0.1) is 0 Å². The molecule has 1 fully saturated rings. The zero-order valence-electron chi connectivity index (χ0n) is 12.5. The lowest BCUT2D eigenvalue weighted by Crippen LogP contribution is -2.23. The van der Waals surface area contributed by atoms with Crippen molar-refractivity contribution in [1.29, 1.82) is 0 Å². The van der Waals surface area contributed by atoms with E-state index in [9.17, 15) is 0 Å². The molecule has 3 nitrogen and oxygen atoms in total. The molecule has 2 heterocycles. The molecule has 1 aromatic carbocycles. The van der Waals surface area contributed by atoms with Crippen LogP contribution in [0.2, 0.25) is 0 Å². The molecule has 1 saturated heterocycles. The Hall–Kier alpha value is -0.970. The number of benzene rings is 1. The van der Waals surface area contributed by atoms with Crippen molar-refractivity contribution in [1.82, 2.24) is 5.32 Å². The first-order chi connectivity index (χ1) is 10.4. The average Bonchev–Trinajstić information content (AvgIpc) is 3.15. The van der Waals surface area contributed by atoms with Gasteiger partial charge in [-0.15, -0.1) is 0 Å². The number of hydrogen-bond acceptors (Lipinski definition) is 4. The third-order valence-electron chi connectivity index (χ3n) is 3.85. The molecule has 1 aliphatic heterocycles. The van der Waals surface area contributed by atoms with Gasteiger partial charge in [0.25, 0.3) is 0 Å². The molecule has 3 rings (SSSR count). The number of rotatable bonds is 7. The van der Waals surface area contributed by atoms with Crippen molar-refractivity contribution in [2.75, 3.05) is 24.7 Å². The van der Waals surface area contributed by atoms with Crippen molar-refractivity contribution >= 4 is 22.7 Å². The Morgan fingerprint density at radius 2 is 2.29 bits per heavy atom. The summed E-state index contributed by atoms with van der Waals surface area (Å²) in [4.78, 5) is 0. The van der Waals surface area contributed by atoms with E-state index in [2.05, 4.69) is 30.4 Å². The second-order valence-electron chi connectivity index (χ2n) is 5.47. The van der Waals surface area contributed by atoms with Crippen LogP contribution in [0.15, 0.2) is 34.7 Å². The maximum atomic E-state index is 6.00.